The van der Waals surface area contributed by atoms with Crippen LogP contribution >= 0.6 is 0 Å². The summed E-state index contributed by atoms with van der Waals surface area (Å²) >= 11 is 0. The van der Waals surface area contributed by atoms with Crippen molar-refractivity contribution in [3.05, 3.63) is 53.3 Å². The van der Waals surface area contributed by atoms with Crippen LogP contribution in [-0.4, -0.2) is 4.98 Å². The number of hydrogen-bond acceptors (Lipinski definition) is 2. The fraction of sp³-hybridized carbons (Fsp3) is 0.214. The summed E-state index contributed by atoms with van der Waals surface area (Å²) in [5.74, 6) is 1.87. The Kier molecular flexibility index (Phi) is 2.13. The second kappa shape index (κ2) is 3.63. The van der Waals surface area contributed by atoms with Gasteiger partial charge in [-0.15, -0.1) is 0 Å². The van der Waals surface area contributed by atoms with Crippen LogP contribution in [0.15, 0.2) is 36.5 Å². The highest BCUT2D eigenvalue weighted by atomic mass is 16.5. The molecule has 0 aliphatic carbocycles. The summed E-state index contributed by atoms with van der Waals surface area (Å²) in [6.45, 7) is 2.13. The molecule has 0 bridgehead atoms. The summed E-state index contributed by atoms with van der Waals surface area (Å²) in [4.78, 5) is 4.37. The number of pyridine rings is 1. The molecule has 2 heterocycles. The first-order valence-corrected chi connectivity index (χ1v) is 5.55. The van der Waals surface area contributed by atoms with Crippen molar-refractivity contribution >= 4 is 0 Å². The molecule has 0 unspecified atom stereocenters. The fourth-order valence-electron chi connectivity index (χ4n) is 2.16. The molecule has 0 radical (unpaired) electrons. The largest absolute Gasteiger partial charge is 0.455 e. The Labute approximate surface area is 94.9 Å². The quantitative estimate of drug-likeness (QED) is 0.667. The second-order valence-corrected chi connectivity index (χ2v) is 4.10. The number of nitrogens with zero attached hydrogens (tertiary/aromatic N) is 1. The van der Waals surface area contributed by atoms with Gasteiger partial charge in [0.25, 0.3) is 0 Å². The lowest BCUT2D eigenvalue weighted by Crippen LogP contribution is -1.93. The number of aryl methyl sites for hydroxylation is 2. The van der Waals surface area contributed by atoms with Crippen LogP contribution in [0.3, 0.4) is 0 Å². The van der Waals surface area contributed by atoms with Crippen molar-refractivity contribution in [1.82, 2.24) is 4.98 Å². The van der Waals surface area contributed by atoms with E-state index < -0.39 is 0 Å². The average Bonchev–Trinajstić information content (AvgIpc) is 2.48. The molecule has 2 aromatic rings. The van der Waals surface area contributed by atoms with Crippen molar-refractivity contribution in [2.45, 2.75) is 19.8 Å². The van der Waals surface area contributed by atoms with Crippen molar-refractivity contribution in [1.29, 1.82) is 0 Å². The zero-order chi connectivity index (χ0) is 11.0. The molecule has 0 spiro atoms. The van der Waals surface area contributed by atoms with Crippen LogP contribution in [0.25, 0.3) is 0 Å². The van der Waals surface area contributed by atoms with E-state index in [2.05, 4.69) is 18.0 Å². The minimum Gasteiger partial charge on any atom is -0.455 e. The monoisotopic (exact) mass is 211 g/mol. The molecule has 0 N–H and O–H groups in total. The third kappa shape index (κ3) is 1.47. The van der Waals surface area contributed by atoms with E-state index in [1.807, 2.05) is 30.5 Å². The molecule has 2 heteroatoms. The Balaban J connectivity index is 2.12. The molecule has 80 valence electrons. The van der Waals surface area contributed by atoms with Gasteiger partial charge in [-0.2, -0.15) is 0 Å². The second-order valence-electron chi connectivity index (χ2n) is 4.10. The van der Waals surface area contributed by atoms with Crippen LogP contribution < -0.4 is 4.74 Å². The van der Waals surface area contributed by atoms with Gasteiger partial charge in [0.2, 0.25) is 0 Å². The molecular formula is C14H13NO. The number of aromatic nitrogens is 1. The molecule has 0 saturated carbocycles. The summed E-state index contributed by atoms with van der Waals surface area (Å²) in [5.41, 5.74) is 3.66. The minimum atomic E-state index is 0.895. The standard InChI is InChI=1S/C14H13NO/c1-10-4-2-5-13-11(10)7-8-12-14(16-13)6-3-9-15-12/h2-6,9H,7-8H2,1H3. The SMILES string of the molecule is Cc1cccc2c1CCc1ncccc1O2. The highest BCUT2D eigenvalue weighted by Gasteiger charge is 2.15. The summed E-state index contributed by atoms with van der Waals surface area (Å²) in [5, 5.41) is 0. The molecule has 3 rings (SSSR count). The normalized spacial score (nSPS) is 13.3. The summed E-state index contributed by atoms with van der Waals surface area (Å²) in [6, 6.07) is 10.1. The zero-order valence-electron chi connectivity index (χ0n) is 9.23. The van der Waals surface area contributed by atoms with E-state index in [4.69, 9.17) is 4.74 Å². The van der Waals surface area contributed by atoms with Gasteiger partial charge in [0.05, 0.1) is 5.69 Å². The van der Waals surface area contributed by atoms with E-state index in [-0.39, 0.29) is 0 Å². The first-order valence-electron chi connectivity index (χ1n) is 5.55. The molecule has 1 aliphatic heterocycles. The summed E-state index contributed by atoms with van der Waals surface area (Å²) < 4.78 is 5.92. The lowest BCUT2D eigenvalue weighted by atomic mass is 10.0. The molecule has 16 heavy (non-hydrogen) atoms. The molecule has 1 aliphatic rings. The van der Waals surface area contributed by atoms with Gasteiger partial charge in [-0.25, -0.2) is 0 Å². The number of ether oxygens (including phenoxy) is 1. The molecule has 2 nitrogen and oxygen atoms in total. The number of benzene rings is 1. The van der Waals surface area contributed by atoms with Gasteiger partial charge in [0, 0.05) is 6.20 Å². The Morgan fingerprint density at radius 3 is 2.88 bits per heavy atom. The first kappa shape index (κ1) is 9.40. The Morgan fingerprint density at radius 1 is 1.06 bits per heavy atom. The van der Waals surface area contributed by atoms with E-state index in [1.54, 1.807) is 0 Å². The molecule has 0 fully saturated rings. The Morgan fingerprint density at radius 2 is 1.94 bits per heavy atom. The predicted octanol–water partition coefficient (Wildman–Crippen LogP) is 3.28. The Bertz CT molecular complexity index is 534. The van der Waals surface area contributed by atoms with Crippen molar-refractivity contribution in [3.8, 4) is 11.5 Å². The Hall–Kier alpha value is -1.83. The van der Waals surface area contributed by atoms with E-state index in [9.17, 15) is 0 Å². The van der Waals surface area contributed by atoms with Crippen LogP contribution in [0.2, 0.25) is 0 Å². The lowest BCUT2D eigenvalue weighted by Gasteiger charge is -2.09. The molecule has 0 amide bonds. The molecular weight excluding hydrogens is 198 g/mol. The topological polar surface area (TPSA) is 22.1 Å². The molecule has 1 aromatic carbocycles. The van der Waals surface area contributed by atoms with Crippen molar-refractivity contribution in [3.63, 3.8) is 0 Å². The van der Waals surface area contributed by atoms with Gasteiger partial charge in [0.15, 0.2) is 0 Å². The predicted molar refractivity (Wildman–Crippen MR) is 62.9 cm³/mol. The maximum atomic E-state index is 5.92. The minimum absolute atomic E-state index is 0.895. The highest BCUT2D eigenvalue weighted by Crippen LogP contribution is 2.33. The van der Waals surface area contributed by atoms with Gasteiger partial charge < -0.3 is 4.74 Å². The van der Waals surface area contributed by atoms with Crippen LogP contribution in [0, 0.1) is 6.92 Å². The lowest BCUT2D eigenvalue weighted by molar-refractivity contribution is 0.476. The number of fused-ring (bicyclic) bond motifs is 2. The van der Waals surface area contributed by atoms with Crippen molar-refractivity contribution in [2.24, 2.45) is 0 Å². The van der Waals surface area contributed by atoms with E-state index in [0.29, 0.717) is 0 Å². The van der Waals surface area contributed by atoms with Crippen LogP contribution in [0.1, 0.15) is 16.8 Å². The highest BCUT2D eigenvalue weighted by molar-refractivity contribution is 5.45. The fourth-order valence-corrected chi connectivity index (χ4v) is 2.16. The van der Waals surface area contributed by atoms with Crippen molar-refractivity contribution < 1.29 is 4.74 Å². The number of rotatable bonds is 0. The van der Waals surface area contributed by atoms with E-state index in [1.165, 1.54) is 11.1 Å². The van der Waals surface area contributed by atoms with Gasteiger partial charge in [-0.3, -0.25) is 4.98 Å². The maximum Gasteiger partial charge on any atom is 0.148 e. The van der Waals surface area contributed by atoms with Gasteiger partial charge >= 0.3 is 0 Å². The van der Waals surface area contributed by atoms with E-state index in [0.717, 1.165) is 30.0 Å². The van der Waals surface area contributed by atoms with Crippen LogP contribution in [0.5, 0.6) is 11.5 Å². The molecule has 0 saturated heterocycles. The maximum absolute atomic E-state index is 5.92. The zero-order valence-corrected chi connectivity index (χ0v) is 9.23. The van der Waals surface area contributed by atoms with Gasteiger partial charge in [-0.1, -0.05) is 12.1 Å². The van der Waals surface area contributed by atoms with Gasteiger partial charge in [-0.05, 0) is 49.1 Å². The van der Waals surface area contributed by atoms with E-state index >= 15 is 0 Å². The smallest absolute Gasteiger partial charge is 0.148 e. The summed E-state index contributed by atoms with van der Waals surface area (Å²) in [6.07, 6.45) is 3.78. The van der Waals surface area contributed by atoms with Crippen LogP contribution in [-0.2, 0) is 12.8 Å². The molecule has 0 atom stereocenters. The first-order chi connectivity index (χ1) is 7.84. The van der Waals surface area contributed by atoms with Gasteiger partial charge in [0.1, 0.15) is 11.5 Å². The average molecular weight is 211 g/mol. The third-order valence-corrected chi connectivity index (χ3v) is 3.05. The molecule has 1 aromatic heterocycles. The summed E-state index contributed by atoms with van der Waals surface area (Å²) in [7, 11) is 0. The van der Waals surface area contributed by atoms with Crippen LogP contribution in [0.4, 0.5) is 0 Å². The third-order valence-electron chi connectivity index (χ3n) is 3.05. The van der Waals surface area contributed by atoms with Crippen molar-refractivity contribution in [2.75, 3.05) is 0 Å². The number of hydrogen-bond donors (Lipinski definition) is 0.